The third-order valence-corrected chi connectivity index (χ3v) is 5.33. The molecule has 0 saturated heterocycles. The Morgan fingerprint density at radius 1 is 1.21 bits per heavy atom. The molecular weight excluding hydrogens is 236 g/mol. The molecule has 2 aliphatic rings. The van der Waals surface area contributed by atoms with Gasteiger partial charge in [0.2, 0.25) is 0 Å². The molecule has 2 bridgehead atoms. The van der Waals surface area contributed by atoms with Gasteiger partial charge in [0.25, 0.3) is 0 Å². The van der Waals surface area contributed by atoms with Crippen LogP contribution < -0.4 is 4.74 Å². The number of carbonyl (C=O) groups excluding carboxylic acids is 1. The van der Waals surface area contributed by atoms with Crippen LogP contribution in [0, 0.1) is 16.7 Å². The highest BCUT2D eigenvalue weighted by atomic mass is 16.5. The van der Waals surface area contributed by atoms with Crippen LogP contribution in [0.25, 0.3) is 0 Å². The molecule has 0 heterocycles. The summed E-state index contributed by atoms with van der Waals surface area (Å²) in [6.07, 6.45) is 4.43. The van der Waals surface area contributed by atoms with Gasteiger partial charge in [-0.3, -0.25) is 0 Å². The third kappa shape index (κ3) is 1.73. The van der Waals surface area contributed by atoms with Crippen molar-refractivity contribution in [3.05, 3.63) is 42.0 Å². The number of benzene rings is 1. The first-order chi connectivity index (χ1) is 8.94. The fourth-order valence-electron chi connectivity index (χ4n) is 3.63. The molecule has 0 amide bonds. The molecule has 2 heteroatoms. The predicted molar refractivity (Wildman–Crippen MR) is 74.8 cm³/mol. The van der Waals surface area contributed by atoms with Crippen molar-refractivity contribution in [2.45, 2.75) is 33.6 Å². The van der Waals surface area contributed by atoms with Crippen molar-refractivity contribution in [3.8, 4) is 5.75 Å². The first-order valence-electron chi connectivity index (χ1n) is 6.94. The van der Waals surface area contributed by atoms with Gasteiger partial charge in [-0.2, -0.15) is 0 Å². The molecule has 0 aliphatic heterocycles. The molecular formula is C17H20O2. The standard InChI is InChI=1S/C17H20O2/c1-16(2)14-9-10-17(16,3)11-13(14)15(18)19-12-7-5-4-6-8-12/h4-8,11,14H,9-10H2,1-3H3/t14-,17-/m1/s1. The van der Waals surface area contributed by atoms with Crippen molar-refractivity contribution in [2.24, 2.45) is 16.7 Å². The van der Waals surface area contributed by atoms with E-state index in [4.69, 9.17) is 4.74 Å². The third-order valence-electron chi connectivity index (χ3n) is 5.33. The molecule has 1 aromatic carbocycles. The van der Waals surface area contributed by atoms with Crippen LogP contribution in [0.15, 0.2) is 42.0 Å². The second-order valence-electron chi connectivity index (χ2n) is 6.53. The Kier molecular flexibility index (Phi) is 2.60. The monoisotopic (exact) mass is 256 g/mol. The van der Waals surface area contributed by atoms with Crippen molar-refractivity contribution in [2.75, 3.05) is 0 Å². The normalized spacial score (nSPS) is 31.1. The van der Waals surface area contributed by atoms with E-state index in [0.29, 0.717) is 11.7 Å². The van der Waals surface area contributed by atoms with Gasteiger partial charge in [0.1, 0.15) is 5.75 Å². The maximum absolute atomic E-state index is 12.3. The zero-order valence-corrected chi connectivity index (χ0v) is 11.8. The van der Waals surface area contributed by atoms with Crippen molar-refractivity contribution in [3.63, 3.8) is 0 Å². The van der Waals surface area contributed by atoms with Gasteiger partial charge >= 0.3 is 5.97 Å². The van der Waals surface area contributed by atoms with Crippen molar-refractivity contribution in [1.29, 1.82) is 0 Å². The fourth-order valence-corrected chi connectivity index (χ4v) is 3.63. The molecule has 2 nitrogen and oxygen atoms in total. The van der Waals surface area contributed by atoms with Crippen LogP contribution >= 0.6 is 0 Å². The summed E-state index contributed by atoms with van der Waals surface area (Å²) < 4.78 is 5.48. The fraction of sp³-hybridized carbons (Fsp3) is 0.471. The summed E-state index contributed by atoms with van der Waals surface area (Å²) >= 11 is 0. The lowest BCUT2D eigenvalue weighted by atomic mass is 9.70. The Hall–Kier alpha value is -1.57. The highest BCUT2D eigenvalue weighted by Gasteiger charge is 2.57. The minimum absolute atomic E-state index is 0.142. The molecule has 1 saturated carbocycles. The predicted octanol–water partition coefficient (Wildman–Crippen LogP) is 3.97. The van der Waals surface area contributed by atoms with E-state index in [1.54, 1.807) is 0 Å². The smallest absolute Gasteiger partial charge is 0.339 e. The number of fused-ring (bicyclic) bond motifs is 2. The van der Waals surface area contributed by atoms with Crippen LogP contribution in [0.2, 0.25) is 0 Å². The van der Waals surface area contributed by atoms with Crippen LogP contribution in [0.1, 0.15) is 33.6 Å². The number of hydrogen-bond acceptors (Lipinski definition) is 2. The van der Waals surface area contributed by atoms with Crippen LogP contribution in [0.5, 0.6) is 5.75 Å². The number of rotatable bonds is 2. The molecule has 0 spiro atoms. The van der Waals surface area contributed by atoms with Crippen LogP contribution in [-0.2, 0) is 4.79 Å². The van der Waals surface area contributed by atoms with Gasteiger partial charge in [-0.15, -0.1) is 0 Å². The van der Waals surface area contributed by atoms with Gasteiger partial charge in [0, 0.05) is 5.57 Å². The highest BCUT2D eigenvalue weighted by Crippen LogP contribution is 2.64. The zero-order chi connectivity index (χ0) is 13.7. The van der Waals surface area contributed by atoms with Gasteiger partial charge in [-0.1, -0.05) is 45.0 Å². The molecule has 19 heavy (non-hydrogen) atoms. The van der Waals surface area contributed by atoms with Crippen molar-refractivity contribution in [1.82, 2.24) is 0 Å². The Balaban J connectivity index is 1.84. The minimum atomic E-state index is -0.173. The maximum Gasteiger partial charge on any atom is 0.339 e. The van der Waals surface area contributed by atoms with E-state index in [-0.39, 0.29) is 16.8 Å². The summed E-state index contributed by atoms with van der Waals surface area (Å²) in [5, 5.41) is 0. The first kappa shape index (κ1) is 12.5. The molecule has 0 aromatic heterocycles. The summed E-state index contributed by atoms with van der Waals surface area (Å²) in [4.78, 5) is 12.3. The van der Waals surface area contributed by atoms with Crippen LogP contribution in [0.3, 0.4) is 0 Å². The molecule has 3 rings (SSSR count). The van der Waals surface area contributed by atoms with E-state index >= 15 is 0 Å². The average Bonchev–Trinajstić information content (AvgIpc) is 2.72. The van der Waals surface area contributed by atoms with Gasteiger partial charge in [-0.25, -0.2) is 4.79 Å². The van der Waals surface area contributed by atoms with Gasteiger partial charge in [0.15, 0.2) is 0 Å². The van der Waals surface area contributed by atoms with Crippen molar-refractivity contribution < 1.29 is 9.53 Å². The Morgan fingerprint density at radius 2 is 1.89 bits per heavy atom. The number of hydrogen-bond donors (Lipinski definition) is 0. The highest BCUT2D eigenvalue weighted by molar-refractivity contribution is 5.92. The summed E-state index contributed by atoms with van der Waals surface area (Å²) in [5.74, 6) is 0.792. The molecule has 2 aliphatic carbocycles. The molecule has 0 radical (unpaired) electrons. The Morgan fingerprint density at radius 3 is 2.42 bits per heavy atom. The lowest BCUT2D eigenvalue weighted by Gasteiger charge is -2.33. The van der Waals surface area contributed by atoms with Crippen molar-refractivity contribution >= 4 is 5.97 Å². The van der Waals surface area contributed by atoms with E-state index in [9.17, 15) is 4.79 Å². The van der Waals surface area contributed by atoms with Crippen LogP contribution in [-0.4, -0.2) is 5.97 Å². The lowest BCUT2D eigenvalue weighted by Crippen LogP contribution is -2.28. The summed E-state index contributed by atoms with van der Waals surface area (Å²) in [5.41, 5.74) is 1.18. The number of para-hydroxylation sites is 1. The molecule has 1 fully saturated rings. The molecule has 1 aromatic rings. The topological polar surface area (TPSA) is 26.3 Å². The second kappa shape index (κ2) is 3.96. The Labute approximate surface area is 114 Å². The average molecular weight is 256 g/mol. The van der Waals surface area contributed by atoms with E-state index in [2.05, 4.69) is 26.8 Å². The first-order valence-corrected chi connectivity index (χ1v) is 6.94. The number of ether oxygens (including phenoxy) is 1. The summed E-state index contributed by atoms with van der Waals surface area (Å²) in [7, 11) is 0. The number of allylic oxidation sites excluding steroid dienone is 1. The zero-order valence-electron chi connectivity index (χ0n) is 11.8. The minimum Gasteiger partial charge on any atom is -0.423 e. The second-order valence-corrected chi connectivity index (χ2v) is 6.53. The Bertz CT molecular complexity index is 542. The van der Waals surface area contributed by atoms with Crippen LogP contribution in [0.4, 0.5) is 0 Å². The van der Waals surface area contributed by atoms with Gasteiger partial charge in [-0.05, 0) is 41.7 Å². The summed E-state index contributed by atoms with van der Waals surface area (Å²) in [6.45, 7) is 6.80. The SMILES string of the molecule is CC1(C)[C@@H]2CC[C@]1(C)C=C2C(=O)Oc1ccccc1. The molecule has 2 atom stereocenters. The van der Waals surface area contributed by atoms with E-state index in [1.165, 1.54) is 6.42 Å². The van der Waals surface area contributed by atoms with E-state index in [1.807, 2.05) is 30.3 Å². The number of esters is 1. The lowest BCUT2D eigenvalue weighted by molar-refractivity contribution is -0.130. The molecule has 100 valence electrons. The van der Waals surface area contributed by atoms with Gasteiger partial charge < -0.3 is 4.74 Å². The largest absolute Gasteiger partial charge is 0.423 e. The summed E-state index contributed by atoms with van der Waals surface area (Å²) in [6, 6.07) is 9.31. The number of carbonyl (C=O) groups is 1. The quantitative estimate of drug-likeness (QED) is 0.591. The maximum atomic E-state index is 12.3. The molecule has 0 N–H and O–H groups in total. The van der Waals surface area contributed by atoms with Gasteiger partial charge in [0.05, 0.1) is 0 Å². The van der Waals surface area contributed by atoms with E-state index in [0.717, 1.165) is 12.0 Å². The van der Waals surface area contributed by atoms with E-state index < -0.39 is 0 Å². The molecule has 0 unspecified atom stereocenters.